The minimum absolute atomic E-state index is 0.569. The summed E-state index contributed by atoms with van der Waals surface area (Å²) in [5.74, 6) is 0. The van der Waals surface area contributed by atoms with Gasteiger partial charge in [0.1, 0.15) is 6.10 Å². The number of carbonyl (C=O) groups excluding carboxylic acids is 1. The number of primary amides is 1. The third-order valence-corrected chi connectivity index (χ3v) is 1.71. The second-order valence-corrected chi connectivity index (χ2v) is 2.92. The van der Waals surface area contributed by atoms with Gasteiger partial charge in [-0.3, -0.25) is 0 Å². The van der Waals surface area contributed by atoms with E-state index < -0.39 is 12.2 Å². The molecule has 0 saturated heterocycles. The fraction of sp³-hybridized carbons (Fsp3) is 0.111. The SMILES string of the molecule is [CH2][C@H](OC(N)=O)c1cccc(Cl)c1. The van der Waals surface area contributed by atoms with Gasteiger partial charge in [-0.1, -0.05) is 23.7 Å². The summed E-state index contributed by atoms with van der Waals surface area (Å²) in [4.78, 5) is 10.4. The van der Waals surface area contributed by atoms with Crippen molar-refractivity contribution in [1.82, 2.24) is 0 Å². The number of rotatable bonds is 2. The predicted molar refractivity (Wildman–Crippen MR) is 50.2 cm³/mol. The van der Waals surface area contributed by atoms with Crippen molar-refractivity contribution in [2.24, 2.45) is 5.73 Å². The molecule has 0 saturated carbocycles. The summed E-state index contributed by atoms with van der Waals surface area (Å²) in [7, 11) is 0. The number of amides is 1. The van der Waals surface area contributed by atoms with Crippen LogP contribution in [0, 0.1) is 6.92 Å². The highest BCUT2D eigenvalue weighted by Gasteiger charge is 2.08. The number of halogens is 1. The van der Waals surface area contributed by atoms with Gasteiger partial charge in [0.15, 0.2) is 0 Å². The Morgan fingerprint density at radius 3 is 2.85 bits per heavy atom. The molecule has 1 amide bonds. The Morgan fingerprint density at radius 2 is 2.31 bits per heavy atom. The molecule has 4 heteroatoms. The second-order valence-electron chi connectivity index (χ2n) is 2.48. The summed E-state index contributed by atoms with van der Waals surface area (Å²) in [6.45, 7) is 3.61. The molecule has 0 heterocycles. The van der Waals surface area contributed by atoms with Gasteiger partial charge in [0, 0.05) is 5.02 Å². The van der Waals surface area contributed by atoms with Gasteiger partial charge in [-0.2, -0.15) is 0 Å². The van der Waals surface area contributed by atoms with Gasteiger partial charge in [0.25, 0.3) is 0 Å². The van der Waals surface area contributed by atoms with E-state index in [1.165, 1.54) is 0 Å². The highest BCUT2D eigenvalue weighted by Crippen LogP contribution is 2.19. The van der Waals surface area contributed by atoms with Crippen LogP contribution < -0.4 is 5.73 Å². The molecule has 0 spiro atoms. The molecule has 69 valence electrons. The maximum absolute atomic E-state index is 10.4. The van der Waals surface area contributed by atoms with E-state index in [1.54, 1.807) is 24.3 Å². The molecule has 0 aliphatic carbocycles. The first-order valence-corrected chi connectivity index (χ1v) is 4.02. The Morgan fingerprint density at radius 1 is 1.62 bits per heavy atom. The maximum atomic E-state index is 10.4. The monoisotopic (exact) mass is 198 g/mol. The molecule has 13 heavy (non-hydrogen) atoms. The number of carbonyl (C=O) groups is 1. The van der Waals surface area contributed by atoms with E-state index in [9.17, 15) is 4.79 Å². The summed E-state index contributed by atoms with van der Waals surface area (Å²) in [5, 5.41) is 0.569. The molecular weight excluding hydrogens is 190 g/mol. The zero-order valence-electron chi connectivity index (χ0n) is 6.87. The van der Waals surface area contributed by atoms with Crippen molar-refractivity contribution in [3.8, 4) is 0 Å². The fourth-order valence-corrected chi connectivity index (χ4v) is 1.11. The third-order valence-electron chi connectivity index (χ3n) is 1.48. The number of nitrogens with two attached hydrogens (primary N) is 1. The van der Waals surface area contributed by atoms with E-state index in [1.807, 2.05) is 0 Å². The standard InChI is InChI=1S/C9H9ClNO2/c1-6(13-9(11)12)7-3-2-4-8(10)5-7/h2-6H,1H2,(H2,11,12)/t6-/m0/s1. The van der Waals surface area contributed by atoms with Crippen LogP contribution in [0.15, 0.2) is 24.3 Å². The lowest BCUT2D eigenvalue weighted by molar-refractivity contribution is 0.128. The molecule has 3 nitrogen and oxygen atoms in total. The van der Waals surface area contributed by atoms with E-state index in [4.69, 9.17) is 17.3 Å². The van der Waals surface area contributed by atoms with Crippen molar-refractivity contribution in [2.75, 3.05) is 0 Å². The molecule has 1 aromatic rings. The molecule has 0 unspecified atom stereocenters. The first-order valence-electron chi connectivity index (χ1n) is 3.64. The average molecular weight is 199 g/mol. The zero-order chi connectivity index (χ0) is 9.84. The van der Waals surface area contributed by atoms with Crippen molar-refractivity contribution >= 4 is 17.7 Å². The largest absolute Gasteiger partial charge is 0.442 e. The Hall–Kier alpha value is -1.22. The summed E-state index contributed by atoms with van der Waals surface area (Å²) >= 11 is 5.73. The van der Waals surface area contributed by atoms with Gasteiger partial charge in [-0.05, 0) is 24.6 Å². The van der Waals surface area contributed by atoms with Gasteiger partial charge in [-0.15, -0.1) is 0 Å². The van der Waals surface area contributed by atoms with E-state index in [0.717, 1.165) is 0 Å². The van der Waals surface area contributed by atoms with Gasteiger partial charge < -0.3 is 10.5 Å². The van der Waals surface area contributed by atoms with Crippen LogP contribution in [0.4, 0.5) is 4.79 Å². The summed E-state index contributed by atoms with van der Waals surface area (Å²) < 4.78 is 4.66. The van der Waals surface area contributed by atoms with E-state index in [0.29, 0.717) is 10.6 Å². The molecular formula is C9H9ClNO2. The second kappa shape index (κ2) is 4.14. The lowest BCUT2D eigenvalue weighted by Crippen LogP contribution is -2.15. The Labute approximate surface area is 81.4 Å². The predicted octanol–water partition coefficient (Wildman–Crippen LogP) is 2.31. The molecule has 1 atom stereocenters. The Kier molecular flexibility index (Phi) is 3.14. The molecule has 1 radical (unpaired) electrons. The van der Waals surface area contributed by atoms with Crippen molar-refractivity contribution < 1.29 is 9.53 Å². The number of ether oxygens (including phenoxy) is 1. The van der Waals surface area contributed by atoms with Crippen molar-refractivity contribution in [2.45, 2.75) is 6.10 Å². The quantitative estimate of drug-likeness (QED) is 0.793. The van der Waals surface area contributed by atoms with Crippen LogP contribution in [0.2, 0.25) is 5.02 Å². The molecule has 1 rings (SSSR count). The Balaban J connectivity index is 2.76. The van der Waals surface area contributed by atoms with Gasteiger partial charge in [-0.25, -0.2) is 4.79 Å². The molecule has 0 bridgehead atoms. The summed E-state index contributed by atoms with van der Waals surface area (Å²) in [5.41, 5.74) is 5.55. The fourth-order valence-electron chi connectivity index (χ4n) is 0.915. The van der Waals surface area contributed by atoms with E-state index in [-0.39, 0.29) is 0 Å². The van der Waals surface area contributed by atoms with Crippen LogP contribution in [-0.2, 0) is 4.74 Å². The van der Waals surface area contributed by atoms with Crippen LogP contribution in [0.5, 0.6) is 0 Å². The van der Waals surface area contributed by atoms with Crippen molar-refractivity contribution in [1.29, 1.82) is 0 Å². The zero-order valence-corrected chi connectivity index (χ0v) is 7.62. The number of benzene rings is 1. The minimum Gasteiger partial charge on any atom is -0.442 e. The molecule has 0 fully saturated rings. The molecule has 2 N–H and O–H groups in total. The average Bonchev–Trinajstić information content (AvgIpc) is 2.03. The number of hydrogen-bond acceptors (Lipinski definition) is 2. The Bertz CT molecular complexity index is 314. The highest BCUT2D eigenvalue weighted by atomic mass is 35.5. The summed E-state index contributed by atoms with van der Waals surface area (Å²) in [6, 6.07) is 6.90. The van der Waals surface area contributed by atoms with Crippen molar-refractivity contribution in [3.63, 3.8) is 0 Å². The van der Waals surface area contributed by atoms with Crippen LogP contribution in [-0.4, -0.2) is 6.09 Å². The first kappa shape index (κ1) is 9.86. The molecule has 0 aliphatic heterocycles. The summed E-state index contributed by atoms with van der Waals surface area (Å²) in [6.07, 6.45) is -1.46. The van der Waals surface area contributed by atoms with Crippen LogP contribution in [0.3, 0.4) is 0 Å². The first-order chi connectivity index (χ1) is 6.09. The van der Waals surface area contributed by atoms with Gasteiger partial charge in [0.2, 0.25) is 0 Å². The van der Waals surface area contributed by atoms with Gasteiger partial charge in [0.05, 0.1) is 0 Å². The highest BCUT2D eigenvalue weighted by molar-refractivity contribution is 6.30. The smallest absolute Gasteiger partial charge is 0.405 e. The van der Waals surface area contributed by atoms with Crippen LogP contribution in [0.25, 0.3) is 0 Å². The molecule has 0 aromatic heterocycles. The minimum atomic E-state index is -0.847. The van der Waals surface area contributed by atoms with Gasteiger partial charge >= 0.3 is 6.09 Å². The lowest BCUT2D eigenvalue weighted by atomic mass is 10.1. The van der Waals surface area contributed by atoms with E-state index >= 15 is 0 Å². The van der Waals surface area contributed by atoms with Crippen LogP contribution in [0.1, 0.15) is 11.7 Å². The topological polar surface area (TPSA) is 52.3 Å². The number of hydrogen-bond donors (Lipinski definition) is 1. The molecule has 0 aliphatic rings. The van der Waals surface area contributed by atoms with Crippen LogP contribution >= 0.6 is 11.6 Å². The maximum Gasteiger partial charge on any atom is 0.405 e. The third kappa shape index (κ3) is 2.95. The lowest BCUT2D eigenvalue weighted by Gasteiger charge is -2.11. The van der Waals surface area contributed by atoms with E-state index in [2.05, 4.69) is 11.7 Å². The molecule has 1 aromatic carbocycles. The normalized spacial score (nSPS) is 12.2. The van der Waals surface area contributed by atoms with Crippen molar-refractivity contribution in [3.05, 3.63) is 41.8 Å².